The van der Waals surface area contributed by atoms with Gasteiger partial charge in [-0.3, -0.25) is 10.1 Å². The average molecular weight is 447 g/mol. The quantitative estimate of drug-likeness (QED) is 0.372. The fraction of sp³-hybridized carbons (Fsp3) is 0.182. The Morgan fingerprint density at radius 3 is 2.45 bits per heavy atom. The number of benzene rings is 3. The Balaban J connectivity index is 2.11. The lowest BCUT2D eigenvalue weighted by molar-refractivity contribution is -0.384. The highest BCUT2D eigenvalue weighted by molar-refractivity contribution is 6.31. The van der Waals surface area contributed by atoms with Crippen molar-refractivity contribution in [1.82, 2.24) is 0 Å². The van der Waals surface area contributed by atoms with E-state index < -0.39 is 10.7 Å². The summed E-state index contributed by atoms with van der Waals surface area (Å²) in [6.07, 6.45) is 0. The number of hydrogen-bond acceptors (Lipinski definition) is 6. The van der Waals surface area contributed by atoms with Crippen molar-refractivity contribution in [2.24, 2.45) is 0 Å². The van der Waals surface area contributed by atoms with E-state index in [0.29, 0.717) is 22.7 Å². The summed E-state index contributed by atoms with van der Waals surface area (Å²) in [4.78, 5) is 12.5. The first-order valence-corrected chi connectivity index (χ1v) is 9.58. The lowest BCUT2D eigenvalue weighted by Gasteiger charge is -2.28. The number of phenols is 1. The molecule has 0 amide bonds. The number of aromatic hydroxyl groups is 1. The summed E-state index contributed by atoms with van der Waals surface area (Å²) in [5, 5.41) is 21.3. The summed E-state index contributed by atoms with van der Waals surface area (Å²) in [5.74, 6) is 0.295. The van der Waals surface area contributed by atoms with Crippen molar-refractivity contribution in [2.45, 2.75) is 13.1 Å². The molecule has 0 spiro atoms. The topological polar surface area (TPSA) is 85.1 Å². The summed E-state index contributed by atoms with van der Waals surface area (Å²) in [6, 6.07) is 13.2. The summed E-state index contributed by atoms with van der Waals surface area (Å²) in [5.41, 5.74) is 1.20. The van der Waals surface area contributed by atoms with Gasteiger partial charge in [0, 0.05) is 47.4 Å². The number of phenolic OH excluding ortho intramolecular Hbond substituents is 1. The van der Waals surface area contributed by atoms with Crippen molar-refractivity contribution >= 4 is 23.0 Å². The van der Waals surface area contributed by atoms with Crippen LogP contribution < -0.4 is 14.4 Å². The van der Waals surface area contributed by atoms with Gasteiger partial charge in [-0.05, 0) is 30.3 Å². The van der Waals surface area contributed by atoms with Crippen molar-refractivity contribution < 1.29 is 23.9 Å². The molecule has 0 saturated carbocycles. The van der Waals surface area contributed by atoms with Crippen molar-refractivity contribution in [1.29, 1.82) is 0 Å². The smallest absolute Gasteiger partial charge is 0.270 e. The second-order valence-electron chi connectivity index (χ2n) is 6.67. The number of halogens is 2. The van der Waals surface area contributed by atoms with E-state index in [2.05, 4.69) is 0 Å². The second-order valence-corrected chi connectivity index (χ2v) is 7.07. The highest BCUT2D eigenvalue weighted by Crippen LogP contribution is 2.36. The van der Waals surface area contributed by atoms with Crippen LogP contribution in [0, 0.1) is 15.9 Å². The Hall–Kier alpha value is -3.52. The number of hydrogen-bond donors (Lipinski definition) is 1. The summed E-state index contributed by atoms with van der Waals surface area (Å²) >= 11 is 6.24. The van der Waals surface area contributed by atoms with E-state index in [0.717, 1.165) is 0 Å². The zero-order valence-corrected chi connectivity index (χ0v) is 17.6. The van der Waals surface area contributed by atoms with Gasteiger partial charge in [0.25, 0.3) is 5.69 Å². The molecule has 0 saturated heterocycles. The molecule has 3 aromatic carbocycles. The van der Waals surface area contributed by atoms with Gasteiger partial charge in [0.2, 0.25) is 0 Å². The zero-order chi connectivity index (χ0) is 22.5. The molecule has 162 valence electrons. The molecule has 1 N–H and O–H groups in total. The summed E-state index contributed by atoms with van der Waals surface area (Å²) < 4.78 is 25.3. The van der Waals surface area contributed by atoms with E-state index in [1.165, 1.54) is 56.7 Å². The van der Waals surface area contributed by atoms with Crippen LogP contribution in [0.15, 0.2) is 54.6 Å². The monoisotopic (exact) mass is 446 g/mol. The molecule has 0 aliphatic rings. The van der Waals surface area contributed by atoms with Gasteiger partial charge in [-0.1, -0.05) is 17.7 Å². The minimum Gasteiger partial charge on any atom is -0.508 e. The first kappa shape index (κ1) is 22.2. The third kappa shape index (κ3) is 4.97. The standard InChI is InChI=1S/C22H20ClFN2O5/c1-30-21-9-6-15(26(28)29)10-14(21)12-25(13-17-18(23)4-3-5-19(17)24)20-8-7-16(27)11-22(20)31-2/h3-11,27H,12-13H2,1-2H3. The van der Waals surface area contributed by atoms with Gasteiger partial charge in [0.15, 0.2) is 0 Å². The van der Waals surface area contributed by atoms with Crippen molar-refractivity contribution in [3.05, 3.63) is 86.7 Å². The van der Waals surface area contributed by atoms with Crippen LogP contribution in [0.3, 0.4) is 0 Å². The Morgan fingerprint density at radius 1 is 1.06 bits per heavy atom. The molecular formula is C22H20ClFN2O5. The van der Waals surface area contributed by atoms with Crippen LogP contribution in [0.1, 0.15) is 11.1 Å². The Labute approximate surface area is 183 Å². The van der Waals surface area contributed by atoms with E-state index in [4.69, 9.17) is 21.1 Å². The SMILES string of the molecule is COc1ccc([N+](=O)[O-])cc1CN(Cc1c(F)cccc1Cl)c1ccc(O)cc1OC. The number of nitro benzene ring substituents is 1. The molecule has 0 unspecified atom stereocenters. The minimum absolute atomic E-state index is 0.00240. The molecule has 0 fully saturated rings. The Bertz CT molecular complexity index is 1090. The fourth-order valence-corrected chi connectivity index (χ4v) is 3.46. The number of nitro groups is 1. The van der Waals surface area contributed by atoms with E-state index in [1.807, 2.05) is 0 Å². The maximum absolute atomic E-state index is 14.5. The summed E-state index contributed by atoms with van der Waals surface area (Å²) in [7, 11) is 2.91. The molecule has 0 aliphatic carbocycles. The molecule has 0 radical (unpaired) electrons. The molecule has 7 nitrogen and oxygen atoms in total. The third-order valence-electron chi connectivity index (χ3n) is 4.75. The van der Waals surface area contributed by atoms with E-state index in [-0.39, 0.29) is 35.1 Å². The molecule has 3 aromatic rings. The van der Waals surface area contributed by atoms with Gasteiger partial charge >= 0.3 is 0 Å². The predicted octanol–water partition coefficient (Wildman–Crippen LogP) is 5.32. The molecule has 0 aromatic heterocycles. The number of nitrogens with zero attached hydrogens (tertiary/aromatic N) is 2. The highest BCUT2D eigenvalue weighted by atomic mass is 35.5. The number of rotatable bonds is 8. The van der Waals surface area contributed by atoms with Crippen LogP contribution in [0.25, 0.3) is 0 Å². The van der Waals surface area contributed by atoms with E-state index in [9.17, 15) is 19.6 Å². The Kier molecular flexibility index (Phi) is 6.81. The van der Waals surface area contributed by atoms with Crippen LogP contribution in [-0.2, 0) is 13.1 Å². The molecule has 3 rings (SSSR count). The van der Waals surface area contributed by atoms with Crippen LogP contribution in [0.5, 0.6) is 17.2 Å². The largest absolute Gasteiger partial charge is 0.508 e. The molecule has 9 heteroatoms. The van der Waals surface area contributed by atoms with Gasteiger partial charge in [-0.15, -0.1) is 0 Å². The maximum atomic E-state index is 14.5. The second kappa shape index (κ2) is 9.53. The molecule has 0 heterocycles. The molecule has 31 heavy (non-hydrogen) atoms. The number of anilines is 1. The molecular weight excluding hydrogens is 427 g/mol. The van der Waals surface area contributed by atoms with Crippen molar-refractivity contribution in [3.63, 3.8) is 0 Å². The molecule has 0 atom stereocenters. The number of methoxy groups -OCH3 is 2. The number of non-ortho nitro benzene ring substituents is 1. The maximum Gasteiger partial charge on any atom is 0.270 e. The van der Waals surface area contributed by atoms with E-state index >= 15 is 0 Å². The fourth-order valence-electron chi connectivity index (χ4n) is 3.24. The first-order valence-electron chi connectivity index (χ1n) is 9.20. The van der Waals surface area contributed by atoms with Gasteiger partial charge < -0.3 is 19.5 Å². The normalized spacial score (nSPS) is 10.6. The third-order valence-corrected chi connectivity index (χ3v) is 5.10. The zero-order valence-electron chi connectivity index (χ0n) is 16.8. The number of ether oxygens (including phenoxy) is 2. The van der Waals surface area contributed by atoms with Crippen LogP contribution in [0.2, 0.25) is 5.02 Å². The average Bonchev–Trinajstić information content (AvgIpc) is 2.75. The first-order chi connectivity index (χ1) is 14.8. The van der Waals surface area contributed by atoms with Crippen molar-refractivity contribution in [3.8, 4) is 17.2 Å². The molecule has 0 aliphatic heterocycles. The van der Waals surface area contributed by atoms with Gasteiger partial charge in [0.1, 0.15) is 23.1 Å². The lowest BCUT2D eigenvalue weighted by atomic mass is 10.1. The summed E-state index contributed by atoms with van der Waals surface area (Å²) in [6.45, 7) is 0.162. The van der Waals surface area contributed by atoms with Crippen LogP contribution in [0.4, 0.5) is 15.8 Å². The Morgan fingerprint density at radius 2 is 1.81 bits per heavy atom. The van der Waals surface area contributed by atoms with E-state index in [1.54, 1.807) is 17.0 Å². The van der Waals surface area contributed by atoms with Crippen molar-refractivity contribution in [2.75, 3.05) is 19.1 Å². The lowest BCUT2D eigenvalue weighted by Crippen LogP contribution is -2.24. The van der Waals surface area contributed by atoms with Gasteiger partial charge in [-0.25, -0.2) is 4.39 Å². The van der Waals surface area contributed by atoms with Gasteiger partial charge in [-0.2, -0.15) is 0 Å². The van der Waals surface area contributed by atoms with Crippen LogP contribution >= 0.6 is 11.6 Å². The van der Waals surface area contributed by atoms with Crippen LogP contribution in [-0.4, -0.2) is 24.2 Å². The minimum atomic E-state index is -0.498. The molecule has 0 bridgehead atoms. The highest BCUT2D eigenvalue weighted by Gasteiger charge is 2.20. The predicted molar refractivity (Wildman–Crippen MR) is 116 cm³/mol. The van der Waals surface area contributed by atoms with Gasteiger partial charge in [0.05, 0.1) is 24.8 Å².